The molecule has 0 amide bonds. The minimum Gasteiger partial charge on any atom is -0.383 e. The molecule has 0 fully saturated rings. The van der Waals surface area contributed by atoms with E-state index in [2.05, 4.69) is 22.6 Å². The lowest BCUT2D eigenvalue weighted by Gasteiger charge is -2.01. The third kappa shape index (κ3) is 1.52. The average Bonchev–Trinajstić information content (AvgIpc) is 2.06. The Morgan fingerprint density at radius 1 is 1.46 bits per heavy atom. The molecule has 1 aromatic heterocycles. The van der Waals surface area contributed by atoms with Crippen LogP contribution in [0.25, 0.3) is 10.9 Å². The van der Waals surface area contributed by atoms with E-state index in [4.69, 9.17) is 18.0 Å². The monoisotopic (exact) mass is 209 g/mol. The Bertz CT molecular complexity index is 518. The van der Waals surface area contributed by atoms with Gasteiger partial charge in [0.2, 0.25) is 0 Å². The maximum atomic E-state index is 5.69. The fourth-order valence-electron chi connectivity index (χ4n) is 1.17. The van der Waals surface area contributed by atoms with Gasteiger partial charge in [-0.1, -0.05) is 0 Å². The van der Waals surface area contributed by atoms with Crippen molar-refractivity contribution < 1.29 is 0 Å². The molecule has 0 aliphatic rings. The maximum Gasteiger partial charge on any atom is 0.199 e. The van der Waals surface area contributed by atoms with Crippen molar-refractivity contribution >= 4 is 41.6 Å². The van der Waals surface area contributed by atoms with Crippen molar-refractivity contribution in [1.82, 2.24) is 9.97 Å². The number of nitrogen functional groups attached to an aromatic ring is 1. The third-order valence-electron chi connectivity index (χ3n) is 1.74. The summed E-state index contributed by atoms with van der Waals surface area (Å²) in [6.45, 7) is 0. The van der Waals surface area contributed by atoms with Gasteiger partial charge in [-0.3, -0.25) is 0 Å². The summed E-state index contributed by atoms with van der Waals surface area (Å²) in [6.07, 6.45) is 0. The number of hydrogen-bond acceptors (Lipinski definition) is 4. The molecule has 0 unspecified atom stereocenters. The van der Waals surface area contributed by atoms with Gasteiger partial charge in [-0.2, -0.15) is 0 Å². The fourth-order valence-corrected chi connectivity index (χ4v) is 1.58. The topological polar surface area (TPSA) is 54.7 Å². The smallest absolute Gasteiger partial charge is 0.199 e. The van der Waals surface area contributed by atoms with Crippen LogP contribution in [0.5, 0.6) is 0 Å². The van der Waals surface area contributed by atoms with Crippen LogP contribution in [0.4, 0.5) is 5.82 Å². The summed E-state index contributed by atoms with van der Waals surface area (Å²) in [4.78, 5) is 7.75. The molecular weight excluding hydrogens is 202 g/mol. The Balaban J connectivity index is 2.95. The number of anilines is 1. The number of thiol groups is 1. The molecule has 2 rings (SSSR count). The highest BCUT2D eigenvalue weighted by atomic mass is 32.1. The average molecular weight is 209 g/mol. The summed E-state index contributed by atoms with van der Waals surface area (Å²) in [5.74, 6) is 0.439. The third-order valence-corrected chi connectivity index (χ3v) is 2.21. The first-order valence-electron chi connectivity index (χ1n) is 3.65. The van der Waals surface area contributed by atoms with Crippen LogP contribution in [0.15, 0.2) is 23.1 Å². The van der Waals surface area contributed by atoms with E-state index in [0.717, 1.165) is 15.8 Å². The molecule has 0 atom stereocenters. The van der Waals surface area contributed by atoms with E-state index in [9.17, 15) is 0 Å². The zero-order valence-corrected chi connectivity index (χ0v) is 8.32. The van der Waals surface area contributed by atoms with Crippen molar-refractivity contribution in [3.8, 4) is 0 Å². The lowest BCUT2D eigenvalue weighted by molar-refractivity contribution is 1.19. The summed E-state index contributed by atoms with van der Waals surface area (Å²) >= 11 is 9.10. The number of hydrogen-bond donors (Lipinski definition) is 3. The molecule has 1 aromatic carbocycles. The quantitative estimate of drug-likeness (QED) is 0.460. The van der Waals surface area contributed by atoms with Gasteiger partial charge in [-0.25, -0.2) is 4.98 Å². The lowest BCUT2D eigenvalue weighted by atomic mass is 10.2. The lowest BCUT2D eigenvalue weighted by Crippen LogP contribution is -1.94. The molecule has 66 valence electrons. The van der Waals surface area contributed by atoms with Crippen molar-refractivity contribution in [1.29, 1.82) is 0 Å². The van der Waals surface area contributed by atoms with E-state index >= 15 is 0 Å². The van der Waals surface area contributed by atoms with E-state index in [1.165, 1.54) is 0 Å². The van der Waals surface area contributed by atoms with Gasteiger partial charge >= 0.3 is 0 Å². The largest absolute Gasteiger partial charge is 0.383 e. The number of nitrogens with one attached hydrogen (secondary N) is 1. The standard InChI is InChI=1S/C8H7N3S2/c9-7-5-3-4(12)1-2-6(5)10-8(13)11-7/h1-3,12H,(H3,9,10,11,13). The van der Waals surface area contributed by atoms with Crippen LogP contribution in [0.2, 0.25) is 0 Å². The van der Waals surface area contributed by atoms with Gasteiger partial charge in [-0.15, -0.1) is 12.6 Å². The fraction of sp³-hybridized carbons (Fsp3) is 0. The minimum absolute atomic E-state index is 0.400. The second-order valence-corrected chi connectivity index (χ2v) is 3.56. The van der Waals surface area contributed by atoms with E-state index in [1.54, 1.807) is 0 Å². The van der Waals surface area contributed by atoms with Crippen LogP contribution < -0.4 is 5.73 Å². The van der Waals surface area contributed by atoms with Gasteiger partial charge in [0.1, 0.15) is 5.82 Å². The molecule has 3 nitrogen and oxygen atoms in total. The molecular formula is C8H7N3S2. The van der Waals surface area contributed by atoms with E-state index < -0.39 is 0 Å². The molecule has 0 saturated carbocycles. The van der Waals surface area contributed by atoms with Gasteiger partial charge < -0.3 is 10.7 Å². The van der Waals surface area contributed by atoms with Crippen LogP contribution in [0.1, 0.15) is 0 Å². The predicted octanol–water partition coefficient (Wildman–Crippen LogP) is 2.16. The molecule has 0 bridgehead atoms. The molecule has 13 heavy (non-hydrogen) atoms. The number of fused-ring (bicyclic) bond motifs is 1. The summed E-state index contributed by atoms with van der Waals surface area (Å²) in [6, 6.07) is 5.60. The molecule has 5 heteroatoms. The van der Waals surface area contributed by atoms with Gasteiger partial charge in [0, 0.05) is 10.3 Å². The molecule has 3 N–H and O–H groups in total. The van der Waals surface area contributed by atoms with Crippen LogP contribution in [0.3, 0.4) is 0 Å². The number of nitrogens with zero attached hydrogens (tertiary/aromatic N) is 1. The van der Waals surface area contributed by atoms with Crippen molar-refractivity contribution in [3.63, 3.8) is 0 Å². The molecule has 0 aliphatic heterocycles. The number of aromatic amines is 1. The highest BCUT2D eigenvalue weighted by Gasteiger charge is 1.99. The molecule has 0 spiro atoms. The van der Waals surface area contributed by atoms with Crippen LogP contribution in [-0.2, 0) is 0 Å². The second-order valence-electron chi connectivity index (χ2n) is 2.66. The van der Waals surface area contributed by atoms with E-state index in [0.29, 0.717) is 10.6 Å². The van der Waals surface area contributed by atoms with E-state index in [1.807, 2.05) is 18.2 Å². The highest BCUT2D eigenvalue weighted by Crippen LogP contribution is 2.19. The number of nitrogens with two attached hydrogens (primary N) is 1. The number of benzene rings is 1. The van der Waals surface area contributed by atoms with Gasteiger partial charge in [-0.05, 0) is 30.4 Å². The molecule has 0 radical (unpaired) electrons. The first-order valence-corrected chi connectivity index (χ1v) is 4.51. The normalized spacial score (nSPS) is 10.5. The van der Waals surface area contributed by atoms with Crippen molar-refractivity contribution in [2.75, 3.05) is 5.73 Å². The van der Waals surface area contributed by atoms with Crippen molar-refractivity contribution in [2.45, 2.75) is 4.90 Å². The summed E-state index contributed by atoms with van der Waals surface area (Å²) in [5, 5.41) is 0.848. The van der Waals surface area contributed by atoms with Crippen molar-refractivity contribution in [3.05, 3.63) is 23.0 Å². The van der Waals surface area contributed by atoms with E-state index in [-0.39, 0.29) is 0 Å². The summed E-state index contributed by atoms with van der Waals surface area (Å²) in [7, 11) is 0. The molecule has 1 heterocycles. The highest BCUT2D eigenvalue weighted by molar-refractivity contribution is 7.80. The Morgan fingerprint density at radius 2 is 2.23 bits per heavy atom. The molecule has 0 saturated heterocycles. The first-order chi connectivity index (χ1) is 6.16. The zero-order chi connectivity index (χ0) is 9.42. The number of aromatic nitrogens is 2. The number of rotatable bonds is 0. The van der Waals surface area contributed by atoms with Crippen LogP contribution >= 0.6 is 24.8 Å². The van der Waals surface area contributed by atoms with Crippen LogP contribution in [0, 0.1) is 4.77 Å². The van der Waals surface area contributed by atoms with Gasteiger partial charge in [0.25, 0.3) is 0 Å². The summed E-state index contributed by atoms with van der Waals surface area (Å²) in [5.41, 5.74) is 6.58. The Hall–Kier alpha value is -1.07. The predicted molar refractivity (Wildman–Crippen MR) is 58.6 cm³/mol. The number of H-pyrrole nitrogens is 1. The van der Waals surface area contributed by atoms with Gasteiger partial charge in [0.05, 0.1) is 5.52 Å². The Kier molecular flexibility index (Phi) is 1.97. The first kappa shape index (κ1) is 8.52. The van der Waals surface area contributed by atoms with Crippen molar-refractivity contribution in [2.24, 2.45) is 0 Å². The SMILES string of the molecule is Nc1nc(=S)[nH]c2ccc(S)cc12. The Morgan fingerprint density at radius 3 is 3.00 bits per heavy atom. The van der Waals surface area contributed by atoms with Gasteiger partial charge in [0.15, 0.2) is 4.77 Å². The zero-order valence-electron chi connectivity index (χ0n) is 6.61. The Labute approximate surface area is 85.4 Å². The van der Waals surface area contributed by atoms with Crippen LogP contribution in [-0.4, -0.2) is 9.97 Å². The maximum absolute atomic E-state index is 5.69. The minimum atomic E-state index is 0.400. The second kappa shape index (κ2) is 3.01. The molecule has 0 aliphatic carbocycles. The molecule has 2 aromatic rings. The summed E-state index contributed by atoms with van der Waals surface area (Å²) < 4.78 is 0.400.